The molecule has 1 saturated heterocycles. The third kappa shape index (κ3) is 3.99. The van der Waals surface area contributed by atoms with Crippen LogP contribution in [0.3, 0.4) is 0 Å². The van der Waals surface area contributed by atoms with Gasteiger partial charge in [-0.25, -0.2) is 4.79 Å². The van der Waals surface area contributed by atoms with E-state index in [0.717, 1.165) is 11.1 Å². The van der Waals surface area contributed by atoms with Gasteiger partial charge in [0.25, 0.3) is 0 Å². The smallest absolute Gasteiger partial charge is 0.434 e. The van der Waals surface area contributed by atoms with Gasteiger partial charge in [0.2, 0.25) is 11.8 Å². The molecule has 1 aliphatic heterocycles. The number of nitrogens with zero attached hydrogens (tertiary/aromatic N) is 5. The van der Waals surface area contributed by atoms with Crippen LogP contribution in [0.2, 0.25) is 0 Å². The number of carbonyl (C=O) groups is 1. The van der Waals surface area contributed by atoms with E-state index in [2.05, 4.69) is 14.9 Å². The van der Waals surface area contributed by atoms with Gasteiger partial charge in [-0.15, -0.1) is 4.73 Å². The van der Waals surface area contributed by atoms with Crippen LogP contribution >= 0.6 is 0 Å². The summed E-state index contributed by atoms with van der Waals surface area (Å²) in [6.07, 6.45) is 6.53. The molecule has 0 bridgehead atoms. The van der Waals surface area contributed by atoms with Crippen LogP contribution in [0.1, 0.15) is 17.2 Å². The maximum atomic E-state index is 12.4. The molecule has 0 saturated carbocycles. The van der Waals surface area contributed by atoms with Crippen LogP contribution in [0.4, 0.5) is 4.79 Å². The van der Waals surface area contributed by atoms with Gasteiger partial charge in [-0.1, -0.05) is 12.1 Å². The number of aromatic hydroxyl groups is 2. The van der Waals surface area contributed by atoms with E-state index in [1.807, 2.05) is 36.7 Å². The Kier molecular flexibility index (Phi) is 5.30. The van der Waals surface area contributed by atoms with Gasteiger partial charge in [-0.05, 0) is 23.3 Å². The Balaban J connectivity index is 1.46. The van der Waals surface area contributed by atoms with E-state index in [-0.39, 0.29) is 17.8 Å². The van der Waals surface area contributed by atoms with Crippen molar-refractivity contribution in [1.82, 2.24) is 24.5 Å². The van der Waals surface area contributed by atoms with Crippen LogP contribution < -0.4 is 4.84 Å². The Morgan fingerprint density at radius 2 is 1.45 bits per heavy atom. The topological polar surface area (TPSA) is 104 Å². The van der Waals surface area contributed by atoms with Crippen LogP contribution in [0.5, 0.6) is 11.8 Å². The van der Waals surface area contributed by atoms with E-state index >= 15 is 0 Å². The zero-order valence-electron chi connectivity index (χ0n) is 15.6. The fourth-order valence-electron chi connectivity index (χ4n) is 3.48. The zero-order chi connectivity index (χ0) is 20.2. The molecule has 1 amide bonds. The van der Waals surface area contributed by atoms with Gasteiger partial charge in [0.15, 0.2) is 0 Å². The van der Waals surface area contributed by atoms with Crippen molar-refractivity contribution in [3.63, 3.8) is 0 Å². The molecule has 29 heavy (non-hydrogen) atoms. The van der Waals surface area contributed by atoms with Crippen molar-refractivity contribution in [1.29, 1.82) is 0 Å². The molecule has 0 unspecified atom stereocenters. The SMILES string of the molecule is O=C(On1c(O)ccc1O)N1CCN(C(c2cccnc2)c2cccnc2)CC1. The minimum atomic E-state index is -0.634. The van der Waals surface area contributed by atoms with E-state index in [0.29, 0.717) is 30.9 Å². The first kappa shape index (κ1) is 18.8. The number of aromatic nitrogens is 3. The molecule has 0 aliphatic carbocycles. The molecule has 0 radical (unpaired) electrons. The molecule has 0 spiro atoms. The lowest BCUT2D eigenvalue weighted by Gasteiger charge is -2.38. The summed E-state index contributed by atoms with van der Waals surface area (Å²) in [6.45, 7) is 2.12. The number of pyridine rings is 2. The van der Waals surface area contributed by atoms with E-state index in [1.54, 1.807) is 17.3 Å². The molecule has 4 rings (SSSR count). The van der Waals surface area contributed by atoms with Crippen molar-refractivity contribution in [3.8, 4) is 11.8 Å². The highest BCUT2D eigenvalue weighted by atomic mass is 16.7. The van der Waals surface area contributed by atoms with E-state index < -0.39 is 6.09 Å². The van der Waals surface area contributed by atoms with Gasteiger partial charge in [0.05, 0.1) is 6.04 Å². The zero-order valence-corrected chi connectivity index (χ0v) is 15.6. The average molecular weight is 395 g/mol. The molecule has 2 N–H and O–H groups in total. The van der Waals surface area contributed by atoms with Crippen molar-refractivity contribution in [2.75, 3.05) is 26.2 Å². The minimum Gasteiger partial charge on any atom is -0.492 e. The summed E-state index contributed by atoms with van der Waals surface area (Å²) in [4.78, 5) is 29.8. The quantitative estimate of drug-likeness (QED) is 0.692. The first-order valence-electron chi connectivity index (χ1n) is 9.24. The molecule has 0 atom stereocenters. The molecule has 9 nitrogen and oxygen atoms in total. The van der Waals surface area contributed by atoms with Crippen LogP contribution in [-0.4, -0.2) is 67.0 Å². The lowest BCUT2D eigenvalue weighted by molar-refractivity contribution is 0.0515. The third-order valence-electron chi connectivity index (χ3n) is 4.90. The summed E-state index contributed by atoms with van der Waals surface area (Å²) in [5.74, 6) is -0.689. The Bertz CT molecular complexity index is 897. The van der Waals surface area contributed by atoms with Gasteiger partial charge < -0.3 is 20.0 Å². The largest absolute Gasteiger partial charge is 0.492 e. The van der Waals surface area contributed by atoms with Gasteiger partial charge in [-0.2, -0.15) is 0 Å². The highest BCUT2D eigenvalue weighted by Crippen LogP contribution is 2.28. The molecule has 1 fully saturated rings. The van der Waals surface area contributed by atoms with Crippen molar-refractivity contribution in [2.45, 2.75) is 6.04 Å². The molecule has 9 heteroatoms. The van der Waals surface area contributed by atoms with E-state index in [1.165, 1.54) is 12.1 Å². The second-order valence-corrected chi connectivity index (χ2v) is 6.70. The molecular weight excluding hydrogens is 374 g/mol. The number of rotatable bonds is 4. The molecule has 3 aromatic heterocycles. The lowest BCUT2D eigenvalue weighted by atomic mass is 9.99. The van der Waals surface area contributed by atoms with Crippen molar-refractivity contribution >= 4 is 6.09 Å². The second-order valence-electron chi connectivity index (χ2n) is 6.70. The molecule has 4 heterocycles. The highest BCUT2D eigenvalue weighted by molar-refractivity contribution is 5.68. The highest BCUT2D eigenvalue weighted by Gasteiger charge is 2.29. The van der Waals surface area contributed by atoms with Crippen molar-refractivity contribution < 1.29 is 19.8 Å². The predicted molar refractivity (Wildman–Crippen MR) is 103 cm³/mol. The summed E-state index contributed by atoms with van der Waals surface area (Å²) in [5.41, 5.74) is 2.11. The molecular formula is C20H21N5O4. The molecule has 150 valence electrons. The van der Waals surface area contributed by atoms with Gasteiger partial charge >= 0.3 is 6.09 Å². The van der Waals surface area contributed by atoms with Crippen LogP contribution in [-0.2, 0) is 0 Å². The summed E-state index contributed by atoms with van der Waals surface area (Å²) < 4.78 is 0.697. The standard InChI is InChI=1S/C20H21N5O4/c26-17-5-6-18(27)25(17)29-20(28)24-11-9-23(10-12-24)19(15-3-1-7-21-13-15)16-4-2-8-22-14-16/h1-8,13-14,19,26-27H,9-12H2. The number of carbonyl (C=O) groups excluding carboxylic acids is 1. The molecule has 3 aromatic rings. The van der Waals surface area contributed by atoms with Crippen molar-refractivity contribution in [3.05, 3.63) is 72.3 Å². The number of hydrogen-bond acceptors (Lipinski definition) is 7. The number of piperazine rings is 1. The Labute approximate surface area is 167 Å². The van der Waals surface area contributed by atoms with Gasteiger partial charge in [-0.3, -0.25) is 14.9 Å². The first-order chi connectivity index (χ1) is 14.1. The third-order valence-corrected chi connectivity index (χ3v) is 4.90. The predicted octanol–water partition coefficient (Wildman–Crippen LogP) is 1.65. The Hall–Kier alpha value is -3.59. The van der Waals surface area contributed by atoms with E-state index in [9.17, 15) is 15.0 Å². The summed E-state index contributed by atoms with van der Waals surface area (Å²) in [7, 11) is 0. The maximum absolute atomic E-state index is 12.4. The maximum Gasteiger partial charge on any atom is 0.434 e. The number of amides is 1. The van der Waals surface area contributed by atoms with Crippen LogP contribution in [0, 0.1) is 0 Å². The monoisotopic (exact) mass is 395 g/mol. The lowest BCUT2D eigenvalue weighted by Crippen LogP contribution is -2.51. The van der Waals surface area contributed by atoms with Gasteiger partial charge in [0, 0.05) is 63.1 Å². The fourth-order valence-corrected chi connectivity index (χ4v) is 3.48. The van der Waals surface area contributed by atoms with E-state index in [4.69, 9.17) is 4.84 Å². The van der Waals surface area contributed by atoms with Crippen LogP contribution in [0.25, 0.3) is 0 Å². The molecule has 1 aliphatic rings. The molecule has 0 aromatic carbocycles. The fraction of sp³-hybridized carbons (Fsp3) is 0.250. The number of hydrogen-bond donors (Lipinski definition) is 2. The summed E-state index contributed by atoms with van der Waals surface area (Å²) in [5, 5.41) is 19.3. The second kappa shape index (κ2) is 8.19. The van der Waals surface area contributed by atoms with Crippen LogP contribution in [0.15, 0.2) is 61.2 Å². The minimum absolute atomic E-state index is 0.0203. The normalized spacial score (nSPS) is 14.9. The Morgan fingerprint density at radius 1 is 0.897 bits per heavy atom. The average Bonchev–Trinajstić information content (AvgIpc) is 3.08. The van der Waals surface area contributed by atoms with Gasteiger partial charge in [0.1, 0.15) is 0 Å². The summed E-state index contributed by atoms with van der Waals surface area (Å²) >= 11 is 0. The van der Waals surface area contributed by atoms with Crippen molar-refractivity contribution in [2.24, 2.45) is 0 Å². The first-order valence-corrected chi connectivity index (χ1v) is 9.24. The summed E-state index contributed by atoms with van der Waals surface area (Å²) in [6, 6.07) is 10.3. The Morgan fingerprint density at radius 3 is 1.93 bits per heavy atom.